The van der Waals surface area contributed by atoms with Crippen molar-refractivity contribution >= 4 is 28.9 Å². The predicted molar refractivity (Wildman–Crippen MR) is 67.0 cm³/mol. The second-order valence-electron chi connectivity index (χ2n) is 3.09. The highest BCUT2D eigenvalue weighted by molar-refractivity contribution is 7.80. The lowest BCUT2D eigenvalue weighted by Gasteiger charge is -2.09. The van der Waals surface area contributed by atoms with Gasteiger partial charge in [-0.05, 0) is 18.3 Å². The Kier molecular flexibility index (Phi) is 4.38. The molecule has 0 bridgehead atoms. The summed E-state index contributed by atoms with van der Waals surface area (Å²) in [6.45, 7) is 0. The van der Waals surface area contributed by atoms with E-state index in [-0.39, 0.29) is 22.1 Å². The van der Waals surface area contributed by atoms with Gasteiger partial charge < -0.3 is 10.5 Å². The Labute approximate surface area is 107 Å². The summed E-state index contributed by atoms with van der Waals surface area (Å²) < 4.78 is 4.91. The molecule has 96 valence electrons. The molecular weight excluding hydrogens is 260 g/mol. The van der Waals surface area contributed by atoms with Crippen molar-refractivity contribution in [3.05, 3.63) is 33.9 Å². The van der Waals surface area contributed by atoms with Crippen molar-refractivity contribution in [1.29, 1.82) is 0 Å². The van der Waals surface area contributed by atoms with Gasteiger partial charge in [0, 0.05) is 6.07 Å². The molecule has 1 rings (SSSR count). The van der Waals surface area contributed by atoms with E-state index in [0.29, 0.717) is 0 Å². The van der Waals surface area contributed by atoms with Crippen LogP contribution in [0.5, 0.6) is 5.75 Å². The van der Waals surface area contributed by atoms with E-state index in [1.807, 2.05) is 0 Å². The number of benzene rings is 1. The second kappa shape index (κ2) is 5.77. The highest BCUT2D eigenvalue weighted by Gasteiger charge is 2.16. The molecule has 0 radical (unpaired) electrons. The van der Waals surface area contributed by atoms with Crippen LogP contribution in [0.1, 0.15) is 10.4 Å². The minimum atomic E-state index is -0.586. The minimum Gasteiger partial charge on any atom is -0.496 e. The first kappa shape index (κ1) is 13.6. The second-order valence-corrected chi connectivity index (χ2v) is 3.52. The van der Waals surface area contributed by atoms with Crippen molar-refractivity contribution in [2.24, 2.45) is 5.73 Å². The number of hydrazine groups is 1. The van der Waals surface area contributed by atoms with Crippen LogP contribution >= 0.6 is 12.2 Å². The molecule has 0 heterocycles. The quantitative estimate of drug-likeness (QED) is 0.404. The van der Waals surface area contributed by atoms with Crippen LogP contribution in [0.15, 0.2) is 18.2 Å². The summed E-state index contributed by atoms with van der Waals surface area (Å²) in [5.74, 6) is -0.499. The van der Waals surface area contributed by atoms with E-state index < -0.39 is 10.8 Å². The summed E-state index contributed by atoms with van der Waals surface area (Å²) >= 11 is 4.51. The summed E-state index contributed by atoms with van der Waals surface area (Å²) in [7, 11) is 1.30. The number of nitrogens with one attached hydrogen (secondary N) is 2. The fraction of sp³-hybridized carbons (Fsp3) is 0.111. The van der Waals surface area contributed by atoms with Crippen molar-refractivity contribution in [3.63, 3.8) is 0 Å². The van der Waals surface area contributed by atoms with Crippen LogP contribution in [0.3, 0.4) is 0 Å². The number of non-ortho nitro benzene ring substituents is 1. The van der Waals surface area contributed by atoms with Crippen molar-refractivity contribution in [1.82, 2.24) is 10.9 Å². The van der Waals surface area contributed by atoms with E-state index >= 15 is 0 Å². The molecule has 18 heavy (non-hydrogen) atoms. The molecule has 0 aromatic heterocycles. The summed E-state index contributed by atoms with van der Waals surface area (Å²) in [6, 6.07) is 3.61. The Morgan fingerprint density at radius 3 is 2.67 bits per heavy atom. The summed E-state index contributed by atoms with van der Waals surface area (Å²) in [5, 5.41) is 10.5. The Bertz CT molecular complexity index is 505. The number of ether oxygens (including phenoxy) is 1. The van der Waals surface area contributed by atoms with Gasteiger partial charge in [-0.25, -0.2) is 0 Å². The lowest BCUT2D eigenvalue weighted by atomic mass is 10.1. The number of nitrogens with two attached hydrogens (primary N) is 1. The van der Waals surface area contributed by atoms with Gasteiger partial charge in [0.05, 0.1) is 23.7 Å². The molecule has 4 N–H and O–H groups in total. The fourth-order valence-electron chi connectivity index (χ4n) is 1.17. The molecule has 9 heteroatoms. The maximum atomic E-state index is 11.7. The van der Waals surface area contributed by atoms with Crippen LogP contribution in [-0.4, -0.2) is 23.1 Å². The number of rotatable bonds is 3. The van der Waals surface area contributed by atoms with Crippen molar-refractivity contribution in [3.8, 4) is 5.75 Å². The summed E-state index contributed by atoms with van der Waals surface area (Å²) in [6.07, 6.45) is 0. The number of carbonyl (C=O) groups is 1. The van der Waals surface area contributed by atoms with Gasteiger partial charge in [-0.15, -0.1) is 0 Å². The molecule has 0 fully saturated rings. The number of carbonyl (C=O) groups excluding carboxylic acids is 1. The van der Waals surface area contributed by atoms with E-state index in [9.17, 15) is 14.9 Å². The Balaban J connectivity index is 2.98. The lowest BCUT2D eigenvalue weighted by molar-refractivity contribution is -0.384. The third-order valence-corrected chi connectivity index (χ3v) is 2.04. The zero-order valence-electron chi connectivity index (χ0n) is 9.30. The molecule has 0 unspecified atom stereocenters. The van der Waals surface area contributed by atoms with Gasteiger partial charge in [-0.3, -0.25) is 25.8 Å². The number of methoxy groups -OCH3 is 1. The number of hydrogen-bond donors (Lipinski definition) is 3. The van der Waals surface area contributed by atoms with Crippen molar-refractivity contribution in [2.75, 3.05) is 7.11 Å². The van der Waals surface area contributed by atoms with Gasteiger partial charge >= 0.3 is 0 Å². The number of thiocarbonyl (C=S) groups is 1. The molecule has 0 saturated heterocycles. The van der Waals surface area contributed by atoms with Gasteiger partial charge in [0.2, 0.25) is 0 Å². The Morgan fingerprint density at radius 1 is 1.50 bits per heavy atom. The Hall–Kier alpha value is -2.42. The third-order valence-electron chi connectivity index (χ3n) is 1.94. The maximum absolute atomic E-state index is 11.7. The molecule has 0 saturated carbocycles. The van der Waals surface area contributed by atoms with E-state index in [0.717, 1.165) is 6.07 Å². The lowest BCUT2D eigenvalue weighted by Crippen LogP contribution is -2.44. The van der Waals surface area contributed by atoms with E-state index in [4.69, 9.17) is 10.5 Å². The first-order valence-electron chi connectivity index (χ1n) is 4.64. The van der Waals surface area contributed by atoms with Crippen LogP contribution in [0.4, 0.5) is 5.69 Å². The van der Waals surface area contributed by atoms with Gasteiger partial charge in [-0.2, -0.15) is 0 Å². The van der Waals surface area contributed by atoms with Crippen LogP contribution < -0.4 is 21.3 Å². The monoisotopic (exact) mass is 270 g/mol. The molecular formula is C9H10N4O4S. The van der Waals surface area contributed by atoms with E-state index in [1.54, 1.807) is 0 Å². The molecule has 1 aromatic carbocycles. The number of nitro groups is 1. The van der Waals surface area contributed by atoms with E-state index in [2.05, 4.69) is 23.1 Å². The standard InChI is InChI=1S/C9H10N4O4S/c1-17-7-4-5(13(15)16)2-3-6(7)8(14)11-12-9(10)18/h2-4H,1H3,(H,11,14)(H3,10,12,18). The molecule has 8 nitrogen and oxygen atoms in total. The average molecular weight is 270 g/mol. The topological polar surface area (TPSA) is 120 Å². The van der Waals surface area contributed by atoms with Gasteiger partial charge in [-0.1, -0.05) is 0 Å². The van der Waals surface area contributed by atoms with Crippen LogP contribution in [-0.2, 0) is 0 Å². The molecule has 0 spiro atoms. The highest BCUT2D eigenvalue weighted by Crippen LogP contribution is 2.24. The Morgan fingerprint density at radius 2 is 2.17 bits per heavy atom. The van der Waals surface area contributed by atoms with Crippen LogP contribution in [0.2, 0.25) is 0 Å². The SMILES string of the molecule is COc1cc([N+](=O)[O-])ccc1C(=O)NNC(N)=S. The number of amides is 1. The highest BCUT2D eigenvalue weighted by atomic mass is 32.1. The number of hydrogen-bond acceptors (Lipinski definition) is 5. The largest absolute Gasteiger partial charge is 0.496 e. The summed E-state index contributed by atoms with van der Waals surface area (Å²) in [4.78, 5) is 21.7. The molecule has 0 aliphatic heterocycles. The van der Waals surface area contributed by atoms with Gasteiger partial charge in [0.25, 0.3) is 11.6 Å². The van der Waals surface area contributed by atoms with Gasteiger partial charge in [0.1, 0.15) is 5.75 Å². The first-order chi connectivity index (χ1) is 8.45. The van der Waals surface area contributed by atoms with Crippen molar-refractivity contribution in [2.45, 2.75) is 0 Å². The molecule has 0 aliphatic carbocycles. The maximum Gasteiger partial charge on any atom is 0.273 e. The minimum absolute atomic E-state index is 0.0754. The molecule has 1 aromatic rings. The molecule has 0 atom stereocenters. The van der Waals surface area contributed by atoms with Crippen LogP contribution in [0, 0.1) is 10.1 Å². The smallest absolute Gasteiger partial charge is 0.273 e. The number of nitro benzene ring substituents is 1. The third kappa shape index (κ3) is 3.28. The van der Waals surface area contributed by atoms with E-state index in [1.165, 1.54) is 19.2 Å². The first-order valence-corrected chi connectivity index (χ1v) is 5.04. The fourth-order valence-corrected chi connectivity index (χ4v) is 1.22. The zero-order valence-corrected chi connectivity index (χ0v) is 10.1. The summed E-state index contributed by atoms with van der Waals surface area (Å²) in [5.41, 5.74) is 9.55. The van der Waals surface area contributed by atoms with Crippen LogP contribution in [0.25, 0.3) is 0 Å². The molecule has 1 amide bonds. The molecule has 0 aliphatic rings. The predicted octanol–water partition coefficient (Wildman–Crippen LogP) is 0.0814. The number of nitrogens with zero attached hydrogens (tertiary/aromatic N) is 1. The average Bonchev–Trinajstić information content (AvgIpc) is 2.34. The van der Waals surface area contributed by atoms with Crippen molar-refractivity contribution < 1.29 is 14.5 Å². The zero-order chi connectivity index (χ0) is 13.7. The normalized spacial score (nSPS) is 9.39. The van der Waals surface area contributed by atoms with Gasteiger partial charge in [0.15, 0.2) is 5.11 Å².